The number of nitrogens with two attached hydrogens (primary N) is 1. The van der Waals surface area contributed by atoms with Gasteiger partial charge in [0.15, 0.2) is 11.5 Å². The summed E-state index contributed by atoms with van der Waals surface area (Å²) < 4.78 is 15.6. The summed E-state index contributed by atoms with van der Waals surface area (Å²) in [6.45, 7) is 0.0874. The predicted octanol–water partition coefficient (Wildman–Crippen LogP) is 3.18. The van der Waals surface area contributed by atoms with Crippen molar-refractivity contribution in [2.24, 2.45) is 5.73 Å². The molecule has 25 heavy (non-hydrogen) atoms. The minimum Gasteiger partial charge on any atom is -0.492 e. The van der Waals surface area contributed by atoms with E-state index in [4.69, 9.17) is 31.5 Å². The number of hydrogen-bond acceptors (Lipinski definition) is 5. The summed E-state index contributed by atoms with van der Waals surface area (Å²) in [6.07, 6.45) is -0.859. The molecule has 0 saturated heterocycles. The van der Waals surface area contributed by atoms with Crippen LogP contribution < -0.4 is 15.2 Å². The molecule has 7 heteroatoms. The average Bonchev–Trinajstić information content (AvgIpc) is 2.61. The molecule has 0 fully saturated rings. The number of hydrogen-bond donors (Lipinski definition) is 1. The van der Waals surface area contributed by atoms with Crippen molar-refractivity contribution >= 4 is 23.7 Å². The van der Waals surface area contributed by atoms with Crippen molar-refractivity contribution in [1.82, 2.24) is 0 Å². The van der Waals surface area contributed by atoms with Crippen molar-refractivity contribution in [2.45, 2.75) is 18.9 Å². The molecular formula is C18H18ClNO5. The molecule has 0 aliphatic carbocycles. The molecule has 0 aromatic heterocycles. The van der Waals surface area contributed by atoms with E-state index in [0.717, 1.165) is 5.56 Å². The summed E-state index contributed by atoms with van der Waals surface area (Å²) in [7, 11) is 1.42. The molecule has 0 saturated carbocycles. The van der Waals surface area contributed by atoms with Gasteiger partial charge in [-0.15, -0.1) is 11.6 Å². The average molecular weight is 364 g/mol. The van der Waals surface area contributed by atoms with Gasteiger partial charge >= 0.3 is 6.16 Å². The molecule has 2 N–H and O–H groups in total. The number of carbonyl (C=O) groups excluding carboxylic acids is 2. The summed E-state index contributed by atoms with van der Waals surface area (Å²) in [5.41, 5.74) is 7.22. The molecule has 0 bridgehead atoms. The van der Waals surface area contributed by atoms with Gasteiger partial charge in [0.1, 0.15) is 6.61 Å². The monoisotopic (exact) mass is 363 g/mol. The third-order valence-corrected chi connectivity index (χ3v) is 3.68. The summed E-state index contributed by atoms with van der Waals surface area (Å²) in [5.74, 6) is 0.00129. The Hall–Kier alpha value is -2.73. The highest BCUT2D eigenvalue weighted by Gasteiger charge is 2.18. The minimum atomic E-state index is -0.870. The summed E-state index contributed by atoms with van der Waals surface area (Å²) in [4.78, 5) is 23.1. The zero-order valence-corrected chi connectivity index (χ0v) is 14.4. The number of alkyl halides is 1. The van der Waals surface area contributed by atoms with E-state index < -0.39 is 12.1 Å². The maximum absolute atomic E-state index is 11.9. The number of benzene rings is 2. The Bertz CT molecular complexity index is 749. The molecule has 0 atom stereocenters. The van der Waals surface area contributed by atoms with E-state index in [2.05, 4.69) is 0 Å². The molecule has 2 rings (SSSR count). The van der Waals surface area contributed by atoms with Gasteiger partial charge in [-0.05, 0) is 17.2 Å². The standard InChI is InChI=1S/C18H18ClNO5/c1-23-17-14(10-19)13(9-16(20)21)7-8-15(17)25-18(22)24-11-12-5-3-2-4-6-12/h2-8H,9-11H2,1H3,(H2,20,21). The third-order valence-electron chi connectivity index (χ3n) is 3.42. The van der Waals surface area contributed by atoms with Crippen LogP contribution in [0.2, 0.25) is 0 Å². The van der Waals surface area contributed by atoms with E-state index in [9.17, 15) is 9.59 Å². The van der Waals surface area contributed by atoms with Crippen LogP contribution in [0.5, 0.6) is 11.5 Å². The smallest absolute Gasteiger partial charge is 0.492 e. The molecule has 0 aliphatic rings. The molecule has 0 heterocycles. The molecule has 0 spiro atoms. The number of carbonyl (C=O) groups is 2. The molecule has 0 unspecified atom stereocenters. The SMILES string of the molecule is COc1c(OC(=O)OCc2ccccc2)ccc(CC(N)=O)c1CCl. The highest BCUT2D eigenvalue weighted by molar-refractivity contribution is 6.17. The zero-order valence-electron chi connectivity index (χ0n) is 13.7. The summed E-state index contributed by atoms with van der Waals surface area (Å²) >= 11 is 5.95. The quantitative estimate of drug-likeness (QED) is 0.463. The van der Waals surface area contributed by atoms with Crippen LogP contribution in [-0.2, 0) is 28.4 Å². The van der Waals surface area contributed by atoms with Gasteiger partial charge in [0.25, 0.3) is 0 Å². The molecule has 2 aromatic carbocycles. The van der Waals surface area contributed by atoms with Gasteiger partial charge in [-0.25, -0.2) is 4.79 Å². The lowest BCUT2D eigenvalue weighted by Gasteiger charge is -2.15. The Morgan fingerprint density at radius 2 is 1.84 bits per heavy atom. The molecule has 0 aliphatic heterocycles. The maximum atomic E-state index is 11.9. The van der Waals surface area contributed by atoms with E-state index in [0.29, 0.717) is 11.1 Å². The predicted molar refractivity (Wildman–Crippen MR) is 92.7 cm³/mol. The van der Waals surface area contributed by atoms with Crippen LogP contribution in [0, 0.1) is 0 Å². The number of primary amides is 1. The van der Waals surface area contributed by atoms with Crippen molar-refractivity contribution < 1.29 is 23.8 Å². The minimum absolute atomic E-state index is 0.0111. The van der Waals surface area contributed by atoms with Gasteiger partial charge in [0.2, 0.25) is 5.91 Å². The maximum Gasteiger partial charge on any atom is 0.514 e. The van der Waals surface area contributed by atoms with Crippen LogP contribution in [-0.4, -0.2) is 19.2 Å². The van der Waals surface area contributed by atoms with Crippen LogP contribution in [0.15, 0.2) is 42.5 Å². The first-order chi connectivity index (χ1) is 12.0. The van der Waals surface area contributed by atoms with Gasteiger partial charge in [-0.1, -0.05) is 36.4 Å². The number of rotatable bonds is 7. The number of methoxy groups -OCH3 is 1. The fourth-order valence-corrected chi connectivity index (χ4v) is 2.58. The van der Waals surface area contributed by atoms with Gasteiger partial charge in [0, 0.05) is 5.56 Å². The second kappa shape index (κ2) is 8.94. The summed E-state index contributed by atoms with van der Waals surface area (Å²) in [5, 5.41) is 0. The Balaban J connectivity index is 2.12. The third kappa shape index (κ3) is 5.12. The topological polar surface area (TPSA) is 87.8 Å². The number of amides is 1. The first-order valence-corrected chi connectivity index (χ1v) is 8.00. The molecule has 1 amide bonds. The van der Waals surface area contributed by atoms with Crippen LogP contribution in [0.25, 0.3) is 0 Å². The number of ether oxygens (including phenoxy) is 3. The van der Waals surface area contributed by atoms with Crippen LogP contribution in [0.4, 0.5) is 4.79 Å². The van der Waals surface area contributed by atoms with Crippen molar-refractivity contribution in [1.29, 1.82) is 0 Å². The Morgan fingerprint density at radius 3 is 2.44 bits per heavy atom. The van der Waals surface area contributed by atoms with Crippen molar-refractivity contribution in [3.63, 3.8) is 0 Å². The van der Waals surface area contributed by atoms with Crippen LogP contribution in [0.3, 0.4) is 0 Å². The fraction of sp³-hybridized carbons (Fsp3) is 0.222. The lowest BCUT2D eigenvalue weighted by atomic mass is 10.0. The first-order valence-electron chi connectivity index (χ1n) is 7.46. The Morgan fingerprint density at radius 1 is 1.12 bits per heavy atom. The molecule has 0 radical (unpaired) electrons. The number of halogens is 1. The normalized spacial score (nSPS) is 10.2. The van der Waals surface area contributed by atoms with Crippen LogP contribution >= 0.6 is 11.6 Å². The van der Waals surface area contributed by atoms with E-state index in [1.54, 1.807) is 6.07 Å². The largest absolute Gasteiger partial charge is 0.514 e. The summed E-state index contributed by atoms with van der Waals surface area (Å²) in [6, 6.07) is 12.3. The Labute approximate surface area is 150 Å². The molecule has 2 aromatic rings. The van der Waals surface area contributed by atoms with E-state index in [-0.39, 0.29) is 30.4 Å². The van der Waals surface area contributed by atoms with E-state index in [1.807, 2.05) is 30.3 Å². The highest BCUT2D eigenvalue weighted by Crippen LogP contribution is 2.35. The van der Waals surface area contributed by atoms with Crippen molar-refractivity contribution in [3.05, 3.63) is 59.2 Å². The second-order valence-corrected chi connectivity index (χ2v) is 5.40. The lowest BCUT2D eigenvalue weighted by Crippen LogP contribution is -2.16. The van der Waals surface area contributed by atoms with Crippen LogP contribution in [0.1, 0.15) is 16.7 Å². The van der Waals surface area contributed by atoms with Crippen molar-refractivity contribution in [2.75, 3.05) is 7.11 Å². The fourth-order valence-electron chi connectivity index (χ4n) is 2.29. The lowest BCUT2D eigenvalue weighted by molar-refractivity contribution is -0.117. The van der Waals surface area contributed by atoms with Gasteiger partial charge in [-0.3, -0.25) is 4.79 Å². The molecule has 6 nitrogen and oxygen atoms in total. The van der Waals surface area contributed by atoms with Gasteiger partial charge < -0.3 is 19.9 Å². The highest BCUT2D eigenvalue weighted by atomic mass is 35.5. The molecular weight excluding hydrogens is 346 g/mol. The molecule has 132 valence electrons. The zero-order chi connectivity index (χ0) is 18.2. The van der Waals surface area contributed by atoms with Crippen molar-refractivity contribution in [3.8, 4) is 11.5 Å². The Kier molecular flexibility index (Phi) is 6.65. The van der Waals surface area contributed by atoms with E-state index >= 15 is 0 Å². The second-order valence-electron chi connectivity index (χ2n) is 5.14. The van der Waals surface area contributed by atoms with E-state index in [1.165, 1.54) is 13.2 Å². The first kappa shape index (κ1) is 18.6. The van der Waals surface area contributed by atoms with Gasteiger partial charge in [-0.2, -0.15) is 0 Å². The van der Waals surface area contributed by atoms with Gasteiger partial charge in [0.05, 0.1) is 19.4 Å².